The normalized spacial score (nSPS) is 15.8. The third-order valence-corrected chi connectivity index (χ3v) is 5.48. The molecule has 136 valence electrons. The van der Waals surface area contributed by atoms with Crippen molar-refractivity contribution in [3.05, 3.63) is 23.8 Å². The van der Waals surface area contributed by atoms with Crippen LogP contribution in [0.1, 0.15) is 12.0 Å². The van der Waals surface area contributed by atoms with Crippen LogP contribution in [0.4, 0.5) is 11.4 Å². The number of amides is 1. The lowest BCUT2D eigenvalue weighted by Crippen LogP contribution is -2.30. The number of aryl methyl sites for hydroxylation is 1. The first kappa shape index (κ1) is 20.7. The van der Waals surface area contributed by atoms with Crippen molar-refractivity contribution in [3.63, 3.8) is 0 Å². The summed E-state index contributed by atoms with van der Waals surface area (Å²) in [4.78, 5) is 11.9. The Morgan fingerprint density at radius 3 is 2.75 bits per heavy atom. The van der Waals surface area contributed by atoms with Gasteiger partial charge in [0.05, 0.1) is 24.6 Å². The zero-order valence-electron chi connectivity index (χ0n) is 13.9. The quantitative estimate of drug-likeness (QED) is 0.695. The highest BCUT2D eigenvalue weighted by molar-refractivity contribution is 7.93. The Morgan fingerprint density at radius 2 is 2.12 bits per heavy atom. The summed E-state index contributed by atoms with van der Waals surface area (Å²) in [7, 11) is -1.63. The number of sulfonamides is 1. The summed E-state index contributed by atoms with van der Waals surface area (Å²) in [6.07, 6.45) is 0.627. The Bertz CT molecular complexity index is 667. The SMILES string of the molecule is COCCNCC(=O)Nc1ccc(C)c(N2CCCS2(=O)=O)c1.Cl. The number of anilines is 2. The number of nitrogens with zero attached hydrogens (tertiary/aromatic N) is 1. The van der Waals surface area contributed by atoms with Gasteiger partial charge >= 0.3 is 0 Å². The van der Waals surface area contributed by atoms with Gasteiger partial charge in [0.1, 0.15) is 0 Å². The highest BCUT2D eigenvalue weighted by Crippen LogP contribution is 2.29. The van der Waals surface area contributed by atoms with Crippen molar-refractivity contribution in [1.29, 1.82) is 0 Å². The average Bonchev–Trinajstić information content (AvgIpc) is 2.85. The van der Waals surface area contributed by atoms with Crippen molar-refractivity contribution < 1.29 is 17.9 Å². The molecular weight excluding hydrogens is 354 g/mol. The van der Waals surface area contributed by atoms with E-state index in [4.69, 9.17) is 4.74 Å². The molecule has 1 aliphatic rings. The molecule has 0 unspecified atom stereocenters. The molecule has 7 nitrogen and oxygen atoms in total. The Kier molecular flexibility index (Phi) is 7.95. The topological polar surface area (TPSA) is 87.7 Å². The van der Waals surface area contributed by atoms with E-state index in [1.54, 1.807) is 19.2 Å². The minimum Gasteiger partial charge on any atom is -0.383 e. The molecule has 0 spiro atoms. The molecular formula is C15H24ClN3O4S. The zero-order valence-corrected chi connectivity index (χ0v) is 15.5. The van der Waals surface area contributed by atoms with Gasteiger partial charge in [-0.25, -0.2) is 8.42 Å². The van der Waals surface area contributed by atoms with Gasteiger partial charge in [0.15, 0.2) is 0 Å². The second-order valence-corrected chi connectivity index (χ2v) is 7.47. The molecule has 1 amide bonds. The molecule has 0 aliphatic carbocycles. The third kappa shape index (κ3) is 5.34. The standard InChI is InChI=1S/C15H23N3O4S.ClH/c1-12-4-5-13(17-15(19)11-16-6-8-22-2)10-14(12)18-7-3-9-23(18,20)21;/h4-5,10,16H,3,6-9,11H2,1-2H3,(H,17,19);1H. The van der Waals surface area contributed by atoms with Crippen LogP contribution < -0.4 is 14.9 Å². The maximum Gasteiger partial charge on any atom is 0.238 e. The van der Waals surface area contributed by atoms with Gasteiger partial charge in [-0.2, -0.15) is 0 Å². The second-order valence-electron chi connectivity index (χ2n) is 5.46. The summed E-state index contributed by atoms with van der Waals surface area (Å²) < 4.78 is 30.5. The summed E-state index contributed by atoms with van der Waals surface area (Å²) in [6.45, 7) is 3.65. The Balaban J connectivity index is 0.00000288. The van der Waals surface area contributed by atoms with Crippen molar-refractivity contribution >= 4 is 39.7 Å². The molecule has 0 radical (unpaired) electrons. The van der Waals surface area contributed by atoms with Crippen LogP contribution in [0.25, 0.3) is 0 Å². The van der Waals surface area contributed by atoms with Gasteiger partial charge in [0.25, 0.3) is 0 Å². The van der Waals surface area contributed by atoms with E-state index >= 15 is 0 Å². The van der Waals surface area contributed by atoms with E-state index < -0.39 is 10.0 Å². The molecule has 2 N–H and O–H groups in total. The average molecular weight is 378 g/mol. The Labute approximate surface area is 149 Å². The largest absolute Gasteiger partial charge is 0.383 e. The molecule has 1 heterocycles. The Morgan fingerprint density at radius 1 is 1.38 bits per heavy atom. The van der Waals surface area contributed by atoms with Crippen molar-refractivity contribution in [1.82, 2.24) is 5.32 Å². The molecule has 1 fully saturated rings. The monoisotopic (exact) mass is 377 g/mol. The van der Waals surface area contributed by atoms with Gasteiger partial charge < -0.3 is 15.4 Å². The molecule has 2 rings (SSSR count). The predicted molar refractivity (Wildman–Crippen MR) is 97.6 cm³/mol. The van der Waals surface area contributed by atoms with Crippen LogP contribution in [0.2, 0.25) is 0 Å². The molecule has 1 aliphatic heterocycles. The van der Waals surface area contributed by atoms with Gasteiger partial charge in [0, 0.05) is 25.9 Å². The molecule has 1 saturated heterocycles. The molecule has 0 saturated carbocycles. The molecule has 9 heteroatoms. The van der Waals surface area contributed by atoms with Crippen molar-refractivity contribution in [3.8, 4) is 0 Å². The number of rotatable bonds is 7. The lowest BCUT2D eigenvalue weighted by atomic mass is 10.1. The van der Waals surface area contributed by atoms with E-state index in [0.29, 0.717) is 37.5 Å². The molecule has 0 atom stereocenters. The number of hydrogen-bond acceptors (Lipinski definition) is 5. The minimum atomic E-state index is -3.23. The number of nitrogens with one attached hydrogen (secondary N) is 2. The number of methoxy groups -OCH3 is 1. The fraction of sp³-hybridized carbons (Fsp3) is 0.533. The van der Waals surface area contributed by atoms with Gasteiger partial charge in [-0.3, -0.25) is 9.10 Å². The number of carbonyl (C=O) groups is 1. The first-order valence-corrected chi connectivity index (χ1v) is 9.15. The van der Waals surface area contributed by atoms with E-state index in [1.165, 1.54) is 4.31 Å². The zero-order chi connectivity index (χ0) is 16.9. The van der Waals surface area contributed by atoms with Crippen LogP contribution in [0.3, 0.4) is 0 Å². The maximum absolute atomic E-state index is 12.1. The highest BCUT2D eigenvalue weighted by atomic mass is 35.5. The van der Waals surface area contributed by atoms with E-state index in [9.17, 15) is 13.2 Å². The van der Waals surface area contributed by atoms with Crippen molar-refractivity contribution in [2.75, 3.05) is 48.7 Å². The molecule has 0 bridgehead atoms. The summed E-state index contributed by atoms with van der Waals surface area (Å²) in [5.41, 5.74) is 2.09. The lowest BCUT2D eigenvalue weighted by molar-refractivity contribution is -0.115. The highest BCUT2D eigenvalue weighted by Gasteiger charge is 2.29. The van der Waals surface area contributed by atoms with Gasteiger partial charge in [-0.1, -0.05) is 6.07 Å². The fourth-order valence-corrected chi connectivity index (χ4v) is 4.07. The maximum atomic E-state index is 12.1. The van der Waals surface area contributed by atoms with E-state index in [2.05, 4.69) is 10.6 Å². The fourth-order valence-electron chi connectivity index (χ4n) is 2.45. The van der Waals surface area contributed by atoms with Gasteiger partial charge in [-0.15, -0.1) is 12.4 Å². The Hall–Kier alpha value is -1.35. The van der Waals surface area contributed by atoms with Gasteiger partial charge in [-0.05, 0) is 31.0 Å². The van der Waals surface area contributed by atoms with Crippen LogP contribution in [0, 0.1) is 6.92 Å². The summed E-state index contributed by atoms with van der Waals surface area (Å²) in [6, 6.07) is 5.30. The van der Waals surface area contributed by atoms with Crippen LogP contribution in [-0.2, 0) is 19.6 Å². The van der Waals surface area contributed by atoms with E-state index in [0.717, 1.165) is 5.56 Å². The summed E-state index contributed by atoms with van der Waals surface area (Å²) >= 11 is 0. The van der Waals surface area contributed by atoms with Crippen molar-refractivity contribution in [2.45, 2.75) is 13.3 Å². The van der Waals surface area contributed by atoms with Crippen LogP contribution in [0.5, 0.6) is 0 Å². The van der Waals surface area contributed by atoms with Crippen LogP contribution >= 0.6 is 12.4 Å². The summed E-state index contributed by atoms with van der Waals surface area (Å²) in [5.74, 6) is -0.00732. The predicted octanol–water partition coefficient (Wildman–Crippen LogP) is 1.13. The molecule has 0 aromatic heterocycles. The molecule has 24 heavy (non-hydrogen) atoms. The third-order valence-electron chi connectivity index (χ3n) is 3.63. The second kappa shape index (κ2) is 9.22. The van der Waals surface area contributed by atoms with Crippen LogP contribution in [0.15, 0.2) is 18.2 Å². The van der Waals surface area contributed by atoms with Gasteiger partial charge in [0.2, 0.25) is 15.9 Å². The first-order valence-electron chi connectivity index (χ1n) is 7.54. The minimum absolute atomic E-state index is 0. The lowest BCUT2D eigenvalue weighted by Gasteiger charge is -2.20. The number of ether oxygens (including phenoxy) is 1. The number of hydrogen-bond donors (Lipinski definition) is 2. The number of halogens is 1. The number of benzene rings is 1. The van der Waals surface area contributed by atoms with Crippen molar-refractivity contribution in [2.24, 2.45) is 0 Å². The van der Waals surface area contributed by atoms with E-state index in [1.807, 2.05) is 13.0 Å². The molecule has 1 aromatic carbocycles. The number of carbonyl (C=O) groups excluding carboxylic acids is 1. The summed E-state index contributed by atoms with van der Waals surface area (Å²) in [5, 5.41) is 5.73. The molecule has 1 aromatic rings. The first-order chi connectivity index (χ1) is 10.9. The smallest absolute Gasteiger partial charge is 0.238 e. The van der Waals surface area contributed by atoms with E-state index in [-0.39, 0.29) is 30.6 Å². The van der Waals surface area contributed by atoms with Crippen LogP contribution in [-0.4, -0.2) is 53.4 Å².